The first-order chi connectivity index (χ1) is 10.3. The van der Waals surface area contributed by atoms with E-state index in [-0.39, 0.29) is 5.65 Å². The summed E-state index contributed by atoms with van der Waals surface area (Å²) >= 11 is 0. The van der Waals surface area contributed by atoms with Crippen molar-refractivity contribution in [1.82, 2.24) is 20.0 Å². The zero-order valence-corrected chi connectivity index (χ0v) is 11.2. The first-order valence-corrected chi connectivity index (χ1v) is 6.54. The van der Waals surface area contributed by atoms with Gasteiger partial charge in [0, 0.05) is 30.2 Å². The van der Waals surface area contributed by atoms with Gasteiger partial charge in [0.05, 0.1) is 0 Å². The van der Waals surface area contributed by atoms with Crippen LogP contribution in [0.25, 0.3) is 11.0 Å². The molecule has 0 spiro atoms. The van der Waals surface area contributed by atoms with E-state index >= 15 is 0 Å². The second kappa shape index (κ2) is 5.72. The first-order valence-electron chi connectivity index (χ1n) is 6.54. The number of benzene rings is 1. The van der Waals surface area contributed by atoms with Crippen LogP contribution in [0.3, 0.4) is 0 Å². The summed E-state index contributed by atoms with van der Waals surface area (Å²) in [4.78, 5) is 19.8. The Morgan fingerprint density at radius 1 is 1.19 bits per heavy atom. The topological polar surface area (TPSA) is 80.0 Å². The van der Waals surface area contributed by atoms with Crippen molar-refractivity contribution < 1.29 is 5.21 Å². The van der Waals surface area contributed by atoms with Gasteiger partial charge in [0.1, 0.15) is 6.33 Å². The number of pyridine rings is 1. The molecule has 0 bridgehead atoms. The molecule has 21 heavy (non-hydrogen) atoms. The molecule has 2 aromatic heterocycles. The van der Waals surface area contributed by atoms with Crippen LogP contribution in [0.2, 0.25) is 0 Å². The number of rotatable bonds is 4. The third-order valence-corrected chi connectivity index (χ3v) is 3.20. The Balaban J connectivity index is 1.81. The molecule has 0 aliphatic heterocycles. The molecule has 106 valence electrons. The van der Waals surface area contributed by atoms with E-state index in [2.05, 4.69) is 15.3 Å². The first kappa shape index (κ1) is 13.3. The summed E-state index contributed by atoms with van der Waals surface area (Å²) in [5.74, 6) is 0. The third kappa shape index (κ3) is 2.75. The molecular formula is C15H14N4O2. The molecule has 0 saturated carbocycles. The SMILES string of the molecule is O=c1c(CNCc2ccccc2)cc2cncnc2n1O. The van der Waals surface area contributed by atoms with Crippen molar-refractivity contribution in [2.75, 3.05) is 0 Å². The lowest BCUT2D eigenvalue weighted by Gasteiger charge is -2.07. The normalized spacial score (nSPS) is 10.9. The van der Waals surface area contributed by atoms with Gasteiger partial charge in [0.25, 0.3) is 5.56 Å². The summed E-state index contributed by atoms with van der Waals surface area (Å²) in [6.45, 7) is 1.01. The van der Waals surface area contributed by atoms with E-state index in [4.69, 9.17) is 0 Å². The molecule has 2 heterocycles. The highest BCUT2D eigenvalue weighted by atomic mass is 16.5. The maximum Gasteiger partial charge on any atom is 0.289 e. The molecule has 2 N–H and O–H groups in total. The average Bonchev–Trinajstić information content (AvgIpc) is 2.53. The summed E-state index contributed by atoms with van der Waals surface area (Å²) in [6, 6.07) is 11.6. The van der Waals surface area contributed by atoms with Crippen molar-refractivity contribution in [3.05, 3.63) is 70.4 Å². The molecule has 0 aliphatic carbocycles. The van der Waals surface area contributed by atoms with E-state index in [9.17, 15) is 10.0 Å². The fourth-order valence-electron chi connectivity index (χ4n) is 2.16. The number of aromatic nitrogens is 3. The molecule has 0 saturated heterocycles. The molecule has 0 fully saturated rings. The van der Waals surface area contributed by atoms with Crippen LogP contribution in [0, 0.1) is 0 Å². The van der Waals surface area contributed by atoms with Crippen molar-refractivity contribution in [2.24, 2.45) is 0 Å². The van der Waals surface area contributed by atoms with Gasteiger partial charge >= 0.3 is 0 Å². The molecule has 6 heteroatoms. The van der Waals surface area contributed by atoms with Gasteiger partial charge in [-0.2, -0.15) is 0 Å². The van der Waals surface area contributed by atoms with Crippen LogP contribution in [-0.2, 0) is 13.1 Å². The predicted molar refractivity (Wildman–Crippen MR) is 78.0 cm³/mol. The average molecular weight is 282 g/mol. The zero-order valence-electron chi connectivity index (χ0n) is 11.2. The van der Waals surface area contributed by atoms with Crippen molar-refractivity contribution >= 4 is 11.0 Å². The quantitative estimate of drug-likeness (QED) is 0.705. The molecule has 0 aliphatic rings. The third-order valence-electron chi connectivity index (χ3n) is 3.20. The van der Waals surface area contributed by atoms with Gasteiger partial charge in [0.15, 0.2) is 5.65 Å². The van der Waals surface area contributed by atoms with Crippen molar-refractivity contribution in [3.8, 4) is 0 Å². The molecule has 0 amide bonds. The van der Waals surface area contributed by atoms with E-state index in [1.165, 1.54) is 6.33 Å². The second-order valence-electron chi connectivity index (χ2n) is 4.68. The Bertz CT molecular complexity index is 815. The molecule has 3 aromatic rings. The number of hydrogen-bond acceptors (Lipinski definition) is 5. The summed E-state index contributed by atoms with van der Waals surface area (Å²) in [7, 11) is 0. The number of nitrogens with one attached hydrogen (secondary N) is 1. The summed E-state index contributed by atoms with van der Waals surface area (Å²) in [5.41, 5.74) is 1.34. The Morgan fingerprint density at radius 2 is 2.00 bits per heavy atom. The lowest BCUT2D eigenvalue weighted by molar-refractivity contribution is 0.185. The summed E-state index contributed by atoms with van der Waals surface area (Å²) in [5, 5.41) is 13.6. The van der Waals surface area contributed by atoms with Crippen molar-refractivity contribution in [3.63, 3.8) is 0 Å². The van der Waals surface area contributed by atoms with Crippen molar-refractivity contribution in [1.29, 1.82) is 0 Å². The Kier molecular flexibility index (Phi) is 3.61. The minimum absolute atomic E-state index is 0.210. The standard InChI is InChI=1S/C15H14N4O2/c20-15-13(9-16-7-11-4-2-1-3-5-11)6-12-8-17-10-18-14(12)19(15)21/h1-6,8,10,16,21H,7,9H2. The summed E-state index contributed by atoms with van der Waals surface area (Å²) < 4.78 is 0.566. The van der Waals surface area contributed by atoms with Crippen LogP contribution >= 0.6 is 0 Å². The highest BCUT2D eigenvalue weighted by Gasteiger charge is 2.09. The van der Waals surface area contributed by atoms with E-state index in [0.29, 0.717) is 28.8 Å². The zero-order chi connectivity index (χ0) is 14.7. The van der Waals surface area contributed by atoms with Crippen LogP contribution in [0.4, 0.5) is 0 Å². The van der Waals surface area contributed by atoms with Gasteiger partial charge in [-0.05, 0) is 11.6 Å². The molecule has 6 nitrogen and oxygen atoms in total. The Hall–Kier alpha value is -2.73. The van der Waals surface area contributed by atoms with Gasteiger partial charge in [-0.1, -0.05) is 30.3 Å². The minimum atomic E-state index is -0.471. The highest BCUT2D eigenvalue weighted by Crippen LogP contribution is 2.08. The fourth-order valence-corrected chi connectivity index (χ4v) is 2.16. The van der Waals surface area contributed by atoms with Gasteiger partial charge in [-0.3, -0.25) is 4.79 Å². The number of fused-ring (bicyclic) bond motifs is 1. The Labute approximate surface area is 120 Å². The van der Waals surface area contributed by atoms with Crippen LogP contribution < -0.4 is 10.9 Å². The molecule has 0 radical (unpaired) electrons. The van der Waals surface area contributed by atoms with Gasteiger partial charge in [-0.15, -0.1) is 4.73 Å². The molecule has 3 rings (SSSR count). The van der Waals surface area contributed by atoms with E-state index in [1.54, 1.807) is 12.3 Å². The van der Waals surface area contributed by atoms with Gasteiger partial charge in [-0.25, -0.2) is 9.97 Å². The van der Waals surface area contributed by atoms with E-state index < -0.39 is 5.56 Å². The maximum absolute atomic E-state index is 12.0. The highest BCUT2D eigenvalue weighted by molar-refractivity contribution is 5.73. The van der Waals surface area contributed by atoms with Gasteiger partial charge in [0.2, 0.25) is 0 Å². The van der Waals surface area contributed by atoms with E-state index in [0.717, 1.165) is 5.56 Å². The lowest BCUT2D eigenvalue weighted by atomic mass is 10.2. The predicted octanol–water partition coefficient (Wildman–Crippen LogP) is 1.32. The van der Waals surface area contributed by atoms with Crippen LogP contribution in [0.15, 0.2) is 53.7 Å². The van der Waals surface area contributed by atoms with E-state index in [1.807, 2.05) is 30.3 Å². The molecule has 0 unspecified atom stereocenters. The number of hydrogen-bond donors (Lipinski definition) is 2. The smallest absolute Gasteiger partial charge is 0.289 e. The second-order valence-corrected chi connectivity index (χ2v) is 4.68. The largest absolute Gasteiger partial charge is 0.423 e. The van der Waals surface area contributed by atoms with Crippen LogP contribution in [-0.4, -0.2) is 19.9 Å². The van der Waals surface area contributed by atoms with Crippen LogP contribution in [0.5, 0.6) is 0 Å². The minimum Gasteiger partial charge on any atom is -0.423 e. The number of nitrogens with zero attached hydrogens (tertiary/aromatic N) is 3. The van der Waals surface area contributed by atoms with Crippen LogP contribution in [0.1, 0.15) is 11.1 Å². The molecular weight excluding hydrogens is 268 g/mol. The fraction of sp³-hybridized carbons (Fsp3) is 0.133. The van der Waals surface area contributed by atoms with Crippen molar-refractivity contribution in [2.45, 2.75) is 13.1 Å². The maximum atomic E-state index is 12.0. The lowest BCUT2D eigenvalue weighted by Crippen LogP contribution is -2.26. The monoisotopic (exact) mass is 282 g/mol. The summed E-state index contributed by atoms with van der Waals surface area (Å²) in [6.07, 6.45) is 2.86. The molecule has 0 atom stereocenters. The Morgan fingerprint density at radius 3 is 2.81 bits per heavy atom. The van der Waals surface area contributed by atoms with Gasteiger partial charge < -0.3 is 10.5 Å². The molecule has 1 aromatic carbocycles.